The molecule has 4 heteroatoms. The summed E-state index contributed by atoms with van der Waals surface area (Å²) in [5, 5.41) is 3.30. The van der Waals surface area contributed by atoms with E-state index in [1.54, 1.807) is 19.2 Å². The van der Waals surface area contributed by atoms with Crippen molar-refractivity contribution in [3.05, 3.63) is 30.1 Å². The molecule has 1 aromatic rings. The smallest absolute Gasteiger partial charge is 0.227 e. The van der Waals surface area contributed by atoms with Gasteiger partial charge in [0.15, 0.2) is 0 Å². The molecule has 1 fully saturated rings. The van der Waals surface area contributed by atoms with E-state index in [4.69, 9.17) is 0 Å². The third-order valence-electron chi connectivity index (χ3n) is 3.43. The standard InChI is InChI=1S/C14H19FN2O/c1-17(13-6-2-5-12(15)9-13)14(18)8-11-4-3-7-16-10-11/h2,5-6,9,11,16H,3-4,7-8,10H2,1H3. The maximum absolute atomic E-state index is 13.1. The largest absolute Gasteiger partial charge is 0.316 e. The van der Waals surface area contributed by atoms with Crippen LogP contribution in [0.1, 0.15) is 19.3 Å². The summed E-state index contributed by atoms with van der Waals surface area (Å²) in [6.07, 6.45) is 2.75. The number of benzene rings is 1. The molecule has 0 spiro atoms. The molecule has 1 atom stereocenters. The van der Waals surface area contributed by atoms with Gasteiger partial charge in [-0.15, -0.1) is 0 Å². The molecule has 0 aliphatic carbocycles. The first-order valence-corrected chi connectivity index (χ1v) is 6.39. The van der Waals surface area contributed by atoms with Crippen LogP contribution in [0.15, 0.2) is 24.3 Å². The highest BCUT2D eigenvalue weighted by molar-refractivity contribution is 5.92. The fourth-order valence-electron chi connectivity index (χ4n) is 2.31. The molecule has 0 aromatic heterocycles. The summed E-state index contributed by atoms with van der Waals surface area (Å²) in [6, 6.07) is 6.14. The van der Waals surface area contributed by atoms with E-state index in [1.807, 2.05) is 0 Å². The minimum atomic E-state index is -0.313. The van der Waals surface area contributed by atoms with Gasteiger partial charge in [-0.1, -0.05) is 6.07 Å². The lowest BCUT2D eigenvalue weighted by atomic mass is 9.95. The van der Waals surface area contributed by atoms with Gasteiger partial charge in [0.25, 0.3) is 0 Å². The monoisotopic (exact) mass is 250 g/mol. The van der Waals surface area contributed by atoms with Gasteiger partial charge in [-0.25, -0.2) is 4.39 Å². The highest BCUT2D eigenvalue weighted by Gasteiger charge is 2.19. The van der Waals surface area contributed by atoms with E-state index in [-0.39, 0.29) is 11.7 Å². The molecule has 1 unspecified atom stereocenters. The van der Waals surface area contributed by atoms with E-state index < -0.39 is 0 Å². The first-order chi connectivity index (χ1) is 8.66. The Labute approximate surface area is 107 Å². The molecular weight excluding hydrogens is 231 g/mol. The highest BCUT2D eigenvalue weighted by atomic mass is 19.1. The van der Waals surface area contributed by atoms with Gasteiger partial charge >= 0.3 is 0 Å². The minimum absolute atomic E-state index is 0.0503. The quantitative estimate of drug-likeness (QED) is 0.891. The predicted octanol–water partition coefficient (Wildman–Crippen LogP) is 2.18. The molecule has 1 aromatic carbocycles. The molecule has 1 N–H and O–H groups in total. The van der Waals surface area contributed by atoms with E-state index in [1.165, 1.54) is 17.0 Å². The van der Waals surface area contributed by atoms with Gasteiger partial charge in [0, 0.05) is 19.2 Å². The van der Waals surface area contributed by atoms with E-state index >= 15 is 0 Å². The average molecular weight is 250 g/mol. The number of amides is 1. The molecule has 2 rings (SSSR count). The zero-order valence-corrected chi connectivity index (χ0v) is 10.7. The maximum Gasteiger partial charge on any atom is 0.227 e. The van der Waals surface area contributed by atoms with Crippen molar-refractivity contribution in [1.29, 1.82) is 0 Å². The normalized spacial score (nSPS) is 19.6. The topological polar surface area (TPSA) is 32.3 Å². The van der Waals surface area contributed by atoms with Gasteiger partial charge < -0.3 is 10.2 Å². The number of halogens is 1. The van der Waals surface area contributed by atoms with Crippen LogP contribution in [-0.2, 0) is 4.79 Å². The molecule has 0 bridgehead atoms. The van der Waals surface area contributed by atoms with Gasteiger partial charge in [0.1, 0.15) is 5.82 Å². The molecule has 0 radical (unpaired) electrons. The first kappa shape index (κ1) is 13.0. The summed E-state index contributed by atoms with van der Waals surface area (Å²) in [7, 11) is 1.70. The van der Waals surface area contributed by atoms with Gasteiger partial charge in [0.2, 0.25) is 5.91 Å². The second kappa shape index (κ2) is 5.96. The van der Waals surface area contributed by atoms with Gasteiger partial charge in [-0.2, -0.15) is 0 Å². The number of hydrogen-bond donors (Lipinski definition) is 1. The number of anilines is 1. The Morgan fingerprint density at radius 2 is 2.39 bits per heavy atom. The fourth-order valence-corrected chi connectivity index (χ4v) is 2.31. The number of rotatable bonds is 3. The molecule has 1 aliphatic rings. The van der Waals surface area contributed by atoms with Crippen LogP contribution in [0.3, 0.4) is 0 Å². The van der Waals surface area contributed by atoms with Crippen molar-refractivity contribution >= 4 is 11.6 Å². The highest BCUT2D eigenvalue weighted by Crippen LogP contribution is 2.19. The van der Waals surface area contributed by atoms with Crippen LogP contribution in [0.5, 0.6) is 0 Å². The Hall–Kier alpha value is -1.42. The summed E-state index contributed by atoms with van der Waals surface area (Å²) in [6.45, 7) is 1.95. The van der Waals surface area contributed by atoms with E-state index in [2.05, 4.69) is 5.32 Å². The van der Waals surface area contributed by atoms with Crippen LogP contribution in [-0.4, -0.2) is 26.0 Å². The number of carbonyl (C=O) groups is 1. The summed E-state index contributed by atoms with van der Waals surface area (Å²) >= 11 is 0. The van der Waals surface area contributed by atoms with Crippen molar-refractivity contribution in [2.24, 2.45) is 5.92 Å². The Morgan fingerprint density at radius 1 is 1.56 bits per heavy atom. The maximum atomic E-state index is 13.1. The van der Waals surface area contributed by atoms with Gasteiger partial charge in [-0.05, 0) is 50.0 Å². The Kier molecular flexibility index (Phi) is 4.31. The number of nitrogens with zero attached hydrogens (tertiary/aromatic N) is 1. The summed E-state index contributed by atoms with van der Waals surface area (Å²) in [5.41, 5.74) is 0.615. The van der Waals surface area contributed by atoms with Gasteiger partial charge in [-0.3, -0.25) is 4.79 Å². The van der Waals surface area contributed by atoms with Crippen molar-refractivity contribution < 1.29 is 9.18 Å². The molecule has 98 valence electrons. The SMILES string of the molecule is CN(C(=O)CC1CCCNC1)c1cccc(F)c1. The third kappa shape index (κ3) is 3.29. The van der Waals surface area contributed by atoms with Crippen LogP contribution in [0.4, 0.5) is 10.1 Å². The molecule has 18 heavy (non-hydrogen) atoms. The number of carbonyl (C=O) groups excluding carboxylic acids is 1. The summed E-state index contributed by atoms with van der Waals surface area (Å²) < 4.78 is 13.1. The lowest BCUT2D eigenvalue weighted by Crippen LogP contribution is -2.35. The fraction of sp³-hybridized carbons (Fsp3) is 0.500. The van der Waals surface area contributed by atoms with Crippen LogP contribution >= 0.6 is 0 Å². The Morgan fingerprint density at radius 3 is 3.06 bits per heavy atom. The lowest BCUT2D eigenvalue weighted by molar-refractivity contribution is -0.119. The third-order valence-corrected chi connectivity index (χ3v) is 3.43. The minimum Gasteiger partial charge on any atom is -0.316 e. The number of nitrogens with one attached hydrogen (secondary N) is 1. The van der Waals surface area contributed by atoms with E-state index in [0.29, 0.717) is 18.0 Å². The molecule has 0 saturated carbocycles. The number of hydrogen-bond acceptors (Lipinski definition) is 2. The Bertz CT molecular complexity index is 416. The van der Waals surface area contributed by atoms with Gasteiger partial charge in [0.05, 0.1) is 0 Å². The molecule has 1 aliphatic heterocycles. The second-order valence-electron chi connectivity index (χ2n) is 4.85. The van der Waals surface area contributed by atoms with Crippen molar-refractivity contribution in [3.8, 4) is 0 Å². The zero-order chi connectivity index (χ0) is 13.0. The van der Waals surface area contributed by atoms with E-state index in [0.717, 1.165) is 25.9 Å². The lowest BCUT2D eigenvalue weighted by Gasteiger charge is -2.25. The Balaban J connectivity index is 1.95. The molecule has 1 saturated heterocycles. The van der Waals surface area contributed by atoms with Crippen LogP contribution in [0, 0.1) is 11.7 Å². The summed E-state index contributed by atoms with van der Waals surface area (Å²) in [4.78, 5) is 13.6. The predicted molar refractivity (Wildman–Crippen MR) is 70.0 cm³/mol. The molecule has 1 amide bonds. The van der Waals surface area contributed by atoms with Crippen molar-refractivity contribution in [1.82, 2.24) is 5.32 Å². The molecule has 1 heterocycles. The molecular formula is C14H19FN2O. The van der Waals surface area contributed by atoms with E-state index in [9.17, 15) is 9.18 Å². The summed E-state index contributed by atoms with van der Waals surface area (Å²) in [5.74, 6) is 0.142. The van der Waals surface area contributed by atoms with Crippen LogP contribution in [0.2, 0.25) is 0 Å². The van der Waals surface area contributed by atoms with Crippen LogP contribution in [0.25, 0.3) is 0 Å². The zero-order valence-electron chi connectivity index (χ0n) is 10.7. The van der Waals surface area contributed by atoms with Crippen molar-refractivity contribution in [2.75, 3.05) is 25.0 Å². The van der Waals surface area contributed by atoms with Crippen LogP contribution < -0.4 is 10.2 Å². The molecule has 3 nitrogen and oxygen atoms in total. The van der Waals surface area contributed by atoms with Crippen molar-refractivity contribution in [2.45, 2.75) is 19.3 Å². The van der Waals surface area contributed by atoms with Crippen molar-refractivity contribution in [3.63, 3.8) is 0 Å². The second-order valence-corrected chi connectivity index (χ2v) is 4.85. The average Bonchev–Trinajstić information content (AvgIpc) is 2.39. The first-order valence-electron chi connectivity index (χ1n) is 6.39. The number of piperidine rings is 1.